The van der Waals surface area contributed by atoms with Crippen LogP contribution in [0.15, 0.2) is 35.6 Å². The Kier molecular flexibility index (Phi) is 3.96. The van der Waals surface area contributed by atoms with E-state index in [1.54, 1.807) is 6.07 Å². The van der Waals surface area contributed by atoms with Crippen LogP contribution in [0.5, 0.6) is 0 Å². The number of carboxylic acids is 1. The van der Waals surface area contributed by atoms with Crippen LogP contribution < -0.4 is 5.32 Å². The Morgan fingerprint density at radius 2 is 2.16 bits per heavy atom. The van der Waals surface area contributed by atoms with Gasteiger partial charge in [-0.3, -0.25) is 0 Å². The molecule has 2 aromatic rings. The molecule has 7 heteroatoms. The molecule has 0 fully saturated rings. The molecule has 0 aliphatic heterocycles. The first kappa shape index (κ1) is 13.3. The van der Waals surface area contributed by atoms with Crippen LogP contribution in [0.25, 0.3) is 0 Å². The van der Waals surface area contributed by atoms with Gasteiger partial charge in [0.05, 0.1) is 5.56 Å². The molecule has 0 radical (unpaired) electrons. The van der Waals surface area contributed by atoms with E-state index in [0.717, 1.165) is 11.1 Å². The standard InChI is InChI=1S/C12H10FN3O2S/c1-19-11-5-10(14-6-15-11)16-7-2-3-8(12(17)18)9(13)4-7/h2-6H,1H3,(H,17,18)(H,14,15,16). The van der Waals surface area contributed by atoms with Gasteiger partial charge in [-0.2, -0.15) is 0 Å². The topological polar surface area (TPSA) is 75.1 Å². The van der Waals surface area contributed by atoms with E-state index in [1.807, 2.05) is 6.26 Å². The Morgan fingerprint density at radius 3 is 2.79 bits per heavy atom. The molecule has 0 atom stereocenters. The van der Waals surface area contributed by atoms with Crippen LogP contribution in [-0.2, 0) is 0 Å². The van der Waals surface area contributed by atoms with E-state index < -0.39 is 11.8 Å². The molecule has 5 nitrogen and oxygen atoms in total. The number of anilines is 2. The summed E-state index contributed by atoms with van der Waals surface area (Å²) in [6, 6.07) is 5.52. The van der Waals surface area contributed by atoms with Gasteiger partial charge in [0.1, 0.15) is 23.0 Å². The maximum absolute atomic E-state index is 13.5. The van der Waals surface area contributed by atoms with Crippen LogP contribution >= 0.6 is 11.8 Å². The number of thioether (sulfide) groups is 1. The Labute approximate surface area is 112 Å². The summed E-state index contributed by atoms with van der Waals surface area (Å²) < 4.78 is 13.5. The van der Waals surface area contributed by atoms with Crippen molar-refractivity contribution in [2.24, 2.45) is 0 Å². The lowest BCUT2D eigenvalue weighted by atomic mass is 10.2. The van der Waals surface area contributed by atoms with E-state index in [4.69, 9.17) is 5.11 Å². The molecule has 2 rings (SSSR count). The minimum atomic E-state index is -1.30. The van der Waals surface area contributed by atoms with Gasteiger partial charge >= 0.3 is 5.97 Å². The summed E-state index contributed by atoms with van der Waals surface area (Å²) in [6.45, 7) is 0. The number of hydrogen-bond donors (Lipinski definition) is 2. The molecule has 0 bridgehead atoms. The molecule has 0 aliphatic carbocycles. The van der Waals surface area contributed by atoms with Crippen LogP contribution in [-0.4, -0.2) is 27.3 Å². The number of aromatic nitrogens is 2. The number of rotatable bonds is 4. The van der Waals surface area contributed by atoms with Crippen LogP contribution in [0.2, 0.25) is 0 Å². The molecule has 19 heavy (non-hydrogen) atoms. The zero-order chi connectivity index (χ0) is 13.8. The number of aromatic carboxylic acids is 1. The molecule has 0 amide bonds. The first-order chi connectivity index (χ1) is 9.10. The van der Waals surface area contributed by atoms with Crippen LogP contribution in [0, 0.1) is 5.82 Å². The second-order valence-electron chi connectivity index (χ2n) is 3.57. The molecule has 1 heterocycles. The summed E-state index contributed by atoms with van der Waals surface area (Å²) >= 11 is 1.46. The highest BCUT2D eigenvalue weighted by atomic mass is 32.2. The van der Waals surface area contributed by atoms with E-state index >= 15 is 0 Å². The third kappa shape index (κ3) is 3.19. The van der Waals surface area contributed by atoms with Crippen molar-refractivity contribution in [1.29, 1.82) is 0 Å². The van der Waals surface area contributed by atoms with Gasteiger partial charge in [0.2, 0.25) is 0 Å². The van der Waals surface area contributed by atoms with Gasteiger partial charge in [0.25, 0.3) is 0 Å². The molecule has 98 valence electrons. The van der Waals surface area contributed by atoms with Crippen molar-refractivity contribution in [1.82, 2.24) is 9.97 Å². The van der Waals surface area contributed by atoms with E-state index in [2.05, 4.69) is 15.3 Å². The molecule has 0 aliphatic rings. The minimum absolute atomic E-state index is 0.363. The SMILES string of the molecule is CSc1cc(Nc2ccc(C(=O)O)c(F)c2)ncn1. The predicted octanol–water partition coefficient (Wildman–Crippen LogP) is 2.78. The quantitative estimate of drug-likeness (QED) is 0.662. The molecule has 1 aromatic carbocycles. The van der Waals surface area contributed by atoms with Gasteiger partial charge in [-0.15, -0.1) is 11.8 Å². The zero-order valence-electron chi connectivity index (χ0n) is 9.92. The van der Waals surface area contributed by atoms with Crippen LogP contribution in [0.3, 0.4) is 0 Å². The average molecular weight is 279 g/mol. The Bertz CT molecular complexity index is 622. The molecule has 0 unspecified atom stereocenters. The van der Waals surface area contributed by atoms with Gasteiger partial charge in [0.15, 0.2) is 0 Å². The number of benzene rings is 1. The fourth-order valence-corrected chi connectivity index (χ4v) is 1.82. The van der Waals surface area contributed by atoms with Crippen molar-refractivity contribution in [3.63, 3.8) is 0 Å². The number of halogens is 1. The van der Waals surface area contributed by atoms with Crippen molar-refractivity contribution >= 4 is 29.2 Å². The third-order valence-electron chi connectivity index (χ3n) is 2.32. The first-order valence-electron chi connectivity index (χ1n) is 5.26. The fourth-order valence-electron chi connectivity index (χ4n) is 1.43. The molecule has 0 saturated heterocycles. The van der Waals surface area contributed by atoms with Crippen LogP contribution in [0.1, 0.15) is 10.4 Å². The highest BCUT2D eigenvalue weighted by molar-refractivity contribution is 7.98. The molecule has 0 spiro atoms. The number of nitrogens with one attached hydrogen (secondary N) is 1. The molecular weight excluding hydrogens is 269 g/mol. The van der Waals surface area contributed by atoms with Crippen molar-refractivity contribution in [2.45, 2.75) is 5.03 Å². The van der Waals surface area contributed by atoms with Crippen molar-refractivity contribution in [2.75, 3.05) is 11.6 Å². The molecule has 2 N–H and O–H groups in total. The fraction of sp³-hybridized carbons (Fsp3) is 0.0833. The summed E-state index contributed by atoms with van der Waals surface area (Å²) in [7, 11) is 0. The molecule has 1 aromatic heterocycles. The second-order valence-corrected chi connectivity index (χ2v) is 4.40. The molecule has 0 saturated carbocycles. The second kappa shape index (κ2) is 5.66. The third-order valence-corrected chi connectivity index (χ3v) is 2.96. The van der Waals surface area contributed by atoms with Crippen molar-refractivity contribution in [3.05, 3.63) is 42.0 Å². The predicted molar refractivity (Wildman–Crippen MR) is 70.5 cm³/mol. The Balaban J connectivity index is 2.23. The van der Waals surface area contributed by atoms with E-state index in [1.165, 1.54) is 30.2 Å². The number of carboxylic acid groups (broad SMARTS) is 1. The summed E-state index contributed by atoms with van der Waals surface area (Å²) in [4.78, 5) is 18.7. The van der Waals surface area contributed by atoms with Gasteiger partial charge in [-0.05, 0) is 24.5 Å². The first-order valence-corrected chi connectivity index (χ1v) is 6.48. The lowest BCUT2D eigenvalue weighted by Gasteiger charge is -2.07. The van der Waals surface area contributed by atoms with Crippen molar-refractivity contribution in [3.8, 4) is 0 Å². The van der Waals surface area contributed by atoms with Gasteiger partial charge in [0, 0.05) is 11.8 Å². The summed E-state index contributed by atoms with van der Waals surface area (Å²) in [5, 5.41) is 12.4. The lowest BCUT2D eigenvalue weighted by Crippen LogP contribution is -2.02. The monoisotopic (exact) mass is 279 g/mol. The zero-order valence-corrected chi connectivity index (χ0v) is 10.7. The highest BCUT2D eigenvalue weighted by Gasteiger charge is 2.10. The average Bonchev–Trinajstić information content (AvgIpc) is 2.38. The number of nitrogens with zero attached hydrogens (tertiary/aromatic N) is 2. The Morgan fingerprint density at radius 1 is 1.37 bits per heavy atom. The molecular formula is C12H10FN3O2S. The van der Waals surface area contributed by atoms with Gasteiger partial charge in [-0.1, -0.05) is 0 Å². The normalized spacial score (nSPS) is 10.2. The highest BCUT2D eigenvalue weighted by Crippen LogP contribution is 2.20. The number of carbonyl (C=O) groups is 1. The number of hydrogen-bond acceptors (Lipinski definition) is 5. The van der Waals surface area contributed by atoms with E-state index in [-0.39, 0.29) is 5.56 Å². The largest absolute Gasteiger partial charge is 0.478 e. The maximum atomic E-state index is 13.5. The lowest BCUT2D eigenvalue weighted by molar-refractivity contribution is 0.0692. The summed E-state index contributed by atoms with van der Waals surface area (Å²) in [5.41, 5.74) is 0.0614. The van der Waals surface area contributed by atoms with E-state index in [0.29, 0.717) is 11.5 Å². The van der Waals surface area contributed by atoms with Crippen molar-refractivity contribution < 1.29 is 14.3 Å². The minimum Gasteiger partial charge on any atom is -0.478 e. The smallest absolute Gasteiger partial charge is 0.338 e. The summed E-state index contributed by atoms with van der Waals surface area (Å²) in [6.07, 6.45) is 3.28. The van der Waals surface area contributed by atoms with Gasteiger partial charge in [-0.25, -0.2) is 19.2 Å². The summed E-state index contributed by atoms with van der Waals surface area (Å²) in [5.74, 6) is -1.57. The Hall–Kier alpha value is -2.15. The maximum Gasteiger partial charge on any atom is 0.338 e. The van der Waals surface area contributed by atoms with E-state index in [9.17, 15) is 9.18 Å². The van der Waals surface area contributed by atoms with Gasteiger partial charge < -0.3 is 10.4 Å². The van der Waals surface area contributed by atoms with Crippen LogP contribution in [0.4, 0.5) is 15.9 Å².